The summed E-state index contributed by atoms with van der Waals surface area (Å²) < 4.78 is 8.91. The molecule has 0 saturated heterocycles. The molecule has 1 amide bonds. The number of carbonyl (C=O) groups excluding carboxylic acids is 1. The molecule has 0 radical (unpaired) electrons. The highest BCUT2D eigenvalue weighted by Crippen LogP contribution is 2.24. The molecule has 3 rings (SSSR count). The second-order valence-corrected chi connectivity index (χ2v) is 8.46. The number of para-hydroxylation sites is 1. The minimum Gasteiger partial charge on any atom is -0.483 e. The van der Waals surface area contributed by atoms with E-state index in [2.05, 4.69) is 38.1 Å². The smallest absolute Gasteiger partial charge is 0.234 e. The highest BCUT2D eigenvalue weighted by molar-refractivity contribution is 14.1. The van der Waals surface area contributed by atoms with Gasteiger partial charge in [0.2, 0.25) is 5.91 Å². The van der Waals surface area contributed by atoms with Gasteiger partial charge in [-0.1, -0.05) is 30.0 Å². The zero-order valence-corrected chi connectivity index (χ0v) is 18.8. The molecule has 28 heavy (non-hydrogen) atoms. The SMILES string of the molecule is Cc1cc(I)ccc1NC(=O)CSc1nnc([C@@H](C)Oc2ccccc2)n1C. The number of hydrogen-bond donors (Lipinski definition) is 1. The normalized spacial score (nSPS) is 11.9. The third kappa shape index (κ3) is 5.26. The van der Waals surface area contributed by atoms with Gasteiger partial charge >= 0.3 is 0 Å². The zero-order chi connectivity index (χ0) is 20.1. The molecule has 0 aliphatic heterocycles. The Bertz CT molecular complexity index is 962. The van der Waals surface area contributed by atoms with Crippen molar-refractivity contribution < 1.29 is 9.53 Å². The topological polar surface area (TPSA) is 69.0 Å². The molecular formula is C20H21IN4O2S. The van der Waals surface area contributed by atoms with Crippen LogP contribution in [0.2, 0.25) is 0 Å². The van der Waals surface area contributed by atoms with Crippen LogP contribution in [-0.4, -0.2) is 26.4 Å². The number of carbonyl (C=O) groups is 1. The van der Waals surface area contributed by atoms with Crippen LogP contribution in [0.1, 0.15) is 24.4 Å². The molecule has 1 atom stereocenters. The third-order valence-corrected chi connectivity index (χ3v) is 5.77. The second kappa shape index (κ2) is 9.42. The van der Waals surface area contributed by atoms with Crippen LogP contribution >= 0.6 is 34.4 Å². The molecule has 146 valence electrons. The lowest BCUT2D eigenvalue weighted by atomic mass is 10.2. The Labute approximate surface area is 182 Å². The van der Waals surface area contributed by atoms with E-state index in [0.717, 1.165) is 20.6 Å². The van der Waals surface area contributed by atoms with Gasteiger partial charge in [-0.2, -0.15) is 0 Å². The maximum Gasteiger partial charge on any atom is 0.234 e. The van der Waals surface area contributed by atoms with Gasteiger partial charge in [-0.05, 0) is 72.3 Å². The average Bonchev–Trinajstić information content (AvgIpc) is 3.04. The van der Waals surface area contributed by atoms with Crippen molar-refractivity contribution in [2.75, 3.05) is 11.1 Å². The van der Waals surface area contributed by atoms with Crippen LogP contribution < -0.4 is 10.1 Å². The molecule has 1 N–H and O–H groups in total. The van der Waals surface area contributed by atoms with Crippen molar-refractivity contribution in [2.45, 2.75) is 25.1 Å². The Kier molecular flexibility index (Phi) is 6.95. The monoisotopic (exact) mass is 508 g/mol. The van der Waals surface area contributed by atoms with Crippen LogP contribution in [-0.2, 0) is 11.8 Å². The Morgan fingerprint density at radius 3 is 2.71 bits per heavy atom. The molecule has 1 heterocycles. The van der Waals surface area contributed by atoms with Crippen molar-refractivity contribution >= 4 is 45.9 Å². The minimum atomic E-state index is -0.252. The number of benzene rings is 2. The molecule has 1 aromatic heterocycles. The van der Waals surface area contributed by atoms with Gasteiger partial charge in [0.05, 0.1) is 5.75 Å². The summed E-state index contributed by atoms with van der Waals surface area (Å²) in [7, 11) is 1.88. The highest BCUT2D eigenvalue weighted by Gasteiger charge is 2.18. The summed E-state index contributed by atoms with van der Waals surface area (Å²) in [4.78, 5) is 12.3. The fourth-order valence-corrected chi connectivity index (χ4v) is 4.01. The van der Waals surface area contributed by atoms with Crippen molar-refractivity contribution in [3.8, 4) is 5.75 Å². The summed E-state index contributed by atoms with van der Waals surface area (Å²) in [6.07, 6.45) is -0.252. The van der Waals surface area contributed by atoms with Gasteiger partial charge in [0.15, 0.2) is 17.1 Å². The Morgan fingerprint density at radius 2 is 2.00 bits per heavy atom. The molecule has 0 unspecified atom stereocenters. The van der Waals surface area contributed by atoms with Crippen LogP contribution in [0.3, 0.4) is 0 Å². The highest BCUT2D eigenvalue weighted by atomic mass is 127. The lowest BCUT2D eigenvalue weighted by Gasteiger charge is -2.14. The number of amides is 1. The molecular weight excluding hydrogens is 487 g/mol. The van der Waals surface area contributed by atoms with Crippen LogP contribution in [0, 0.1) is 10.5 Å². The number of nitrogens with one attached hydrogen (secondary N) is 1. The summed E-state index contributed by atoms with van der Waals surface area (Å²) >= 11 is 3.60. The van der Waals surface area contributed by atoms with E-state index in [4.69, 9.17) is 4.74 Å². The zero-order valence-electron chi connectivity index (χ0n) is 15.8. The summed E-state index contributed by atoms with van der Waals surface area (Å²) in [5, 5.41) is 12.1. The Hall–Kier alpha value is -2.07. The minimum absolute atomic E-state index is 0.0764. The van der Waals surface area contributed by atoms with Crippen molar-refractivity contribution in [3.63, 3.8) is 0 Å². The number of aryl methyl sites for hydroxylation is 1. The van der Waals surface area contributed by atoms with E-state index >= 15 is 0 Å². The average molecular weight is 508 g/mol. The summed E-state index contributed by atoms with van der Waals surface area (Å²) in [5.74, 6) is 1.66. The van der Waals surface area contributed by atoms with Crippen LogP contribution in [0.5, 0.6) is 5.75 Å². The number of thioether (sulfide) groups is 1. The Morgan fingerprint density at radius 1 is 1.25 bits per heavy atom. The maximum absolute atomic E-state index is 12.3. The largest absolute Gasteiger partial charge is 0.483 e. The molecule has 8 heteroatoms. The first-order valence-corrected chi connectivity index (χ1v) is 10.8. The number of ether oxygens (including phenoxy) is 1. The van der Waals surface area contributed by atoms with E-state index < -0.39 is 0 Å². The van der Waals surface area contributed by atoms with Crippen molar-refractivity contribution in [1.82, 2.24) is 14.8 Å². The fraction of sp³-hybridized carbons (Fsp3) is 0.250. The van der Waals surface area contributed by atoms with E-state index in [0.29, 0.717) is 11.0 Å². The molecule has 3 aromatic rings. The number of nitrogens with zero attached hydrogens (tertiary/aromatic N) is 3. The molecule has 0 aliphatic carbocycles. The first kappa shape index (κ1) is 20.7. The van der Waals surface area contributed by atoms with Gasteiger partial charge in [0, 0.05) is 16.3 Å². The third-order valence-electron chi connectivity index (χ3n) is 4.08. The Balaban J connectivity index is 1.58. The van der Waals surface area contributed by atoms with E-state index in [9.17, 15) is 4.79 Å². The predicted molar refractivity (Wildman–Crippen MR) is 120 cm³/mol. The molecule has 0 saturated carbocycles. The number of aromatic nitrogens is 3. The van der Waals surface area contributed by atoms with Crippen LogP contribution in [0.4, 0.5) is 5.69 Å². The van der Waals surface area contributed by atoms with Gasteiger partial charge in [0.25, 0.3) is 0 Å². The van der Waals surface area contributed by atoms with Gasteiger partial charge in [-0.3, -0.25) is 4.79 Å². The lowest BCUT2D eigenvalue weighted by molar-refractivity contribution is -0.113. The van der Waals surface area contributed by atoms with Gasteiger partial charge in [0.1, 0.15) is 5.75 Å². The summed E-state index contributed by atoms with van der Waals surface area (Å²) in [6.45, 7) is 3.91. The standard InChI is InChI=1S/C20H21IN4O2S/c1-13-11-15(21)9-10-17(13)22-18(26)12-28-20-24-23-19(25(20)3)14(2)27-16-7-5-4-6-8-16/h4-11,14H,12H2,1-3H3,(H,22,26)/t14-/m1/s1. The second-order valence-electron chi connectivity index (χ2n) is 6.27. The van der Waals surface area contributed by atoms with E-state index in [1.54, 1.807) is 0 Å². The number of halogens is 1. The molecule has 2 aromatic carbocycles. The fourth-order valence-electron chi connectivity index (χ4n) is 2.65. The quantitative estimate of drug-likeness (QED) is 0.373. The molecule has 0 fully saturated rings. The molecule has 0 bridgehead atoms. The molecule has 6 nitrogen and oxygen atoms in total. The summed E-state index contributed by atoms with van der Waals surface area (Å²) in [6, 6.07) is 15.5. The van der Waals surface area contributed by atoms with E-state index in [1.165, 1.54) is 11.8 Å². The number of anilines is 1. The van der Waals surface area contributed by atoms with Gasteiger partial charge < -0.3 is 14.6 Å². The van der Waals surface area contributed by atoms with E-state index in [1.807, 2.05) is 74.0 Å². The number of rotatable bonds is 7. The van der Waals surface area contributed by atoms with Crippen LogP contribution in [0.25, 0.3) is 0 Å². The van der Waals surface area contributed by atoms with Crippen molar-refractivity contribution in [3.05, 3.63) is 63.5 Å². The van der Waals surface area contributed by atoms with Crippen LogP contribution in [0.15, 0.2) is 53.7 Å². The van der Waals surface area contributed by atoms with Gasteiger partial charge in [-0.25, -0.2) is 0 Å². The first-order valence-electron chi connectivity index (χ1n) is 8.74. The van der Waals surface area contributed by atoms with E-state index in [-0.39, 0.29) is 17.8 Å². The molecule has 0 aliphatic rings. The summed E-state index contributed by atoms with van der Waals surface area (Å²) in [5.41, 5.74) is 1.87. The molecule has 0 spiro atoms. The van der Waals surface area contributed by atoms with Crippen molar-refractivity contribution in [1.29, 1.82) is 0 Å². The maximum atomic E-state index is 12.3. The first-order chi connectivity index (χ1) is 13.4. The number of hydrogen-bond acceptors (Lipinski definition) is 5. The predicted octanol–water partition coefficient (Wildman–Crippen LogP) is 4.60. The van der Waals surface area contributed by atoms with Crippen molar-refractivity contribution in [2.24, 2.45) is 7.05 Å². The van der Waals surface area contributed by atoms with Gasteiger partial charge in [-0.15, -0.1) is 10.2 Å². The lowest BCUT2D eigenvalue weighted by Crippen LogP contribution is -2.15.